The molecule has 1 saturated heterocycles. The van der Waals surface area contributed by atoms with E-state index in [-0.39, 0.29) is 17.6 Å². The maximum absolute atomic E-state index is 12.1. The molecule has 1 aliphatic heterocycles. The van der Waals surface area contributed by atoms with Gasteiger partial charge in [0.15, 0.2) is 9.84 Å². The van der Waals surface area contributed by atoms with Gasteiger partial charge in [-0.25, -0.2) is 8.42 Å². The standard InChI is InChI=1S/C16H21Cl2NO3S/c1-11(2)10-23(21,22)13-8-19(9-13)16(20)6-4-12-3-5-14(17)15(18)7-12/h3,5,7,11,13H,4,6,8-10H2,1-2H3. The Balaban J connectivity index is 1.81. The molecule has 0 bridgehead atoms. The number of halogens is 2. The fraction of sp³-hybridized carbons (Fsp3) is 0.562. The minimum Gasteiger partial charge on any atom is -0.340 e. The third kappa shape index (κ3) is 4.85. The van der Waals surface area contributed by atoms with Crippen LogP contribution in [0.3, 0.4) is 0 Å². The second kappa shape index (κ2) is 7.41. The number of nitrogens with zero attached hydrogens (tertiary/aromatic N) is 1. The predicted molar refractivity (Wildman–Crippen MR) is 93.8 cm³/mol. The normalized spacial score (nSPS) is 15.8. The van der Waals surface area contributed by atoms with Gasteiger partial charge in [-0.1, -0.05) is 43.1 Å². The van der Waals surface area contributed by atoms with Gasteiger partial charge in [-0.3, -0.25) is 4.79 Å². The van der Waals surface area contributed by atoms with E-state index in [0.29, 0.717) is 36.0 Å². The van der Waals surface area contributed by atoms with Crippen LogP contribution in [0.5, 0.6) is 0 Å². The van der Waals surface area contributed by atoms with Gasteiger partial charge in [0.25, 0.3) is 0 Å². The zero-order chi connectivity index (χ0) is 17.2. The van der Waals surface area contributed by atoms with Gasteiger partial charge in [0, 0.05) is 19.5 Å². The average Bonchev–Trinajstić information content (AvgIpc) is 2.36. The number of hydrogen-bond donors (Lipinski definition) is 0. The summed E-state index contributed by atoms with van der Waals surface area (Å²) >= 11 is 11.8. The van der Waals surface area contributed by atoms with E-state index in [9.17, 15) is 13.2 Å². The van der Waals surface area contributed by atoms with Crippen molar-refractivity contribution in [1.82, 2.24) is 4.90 Å². The highest BCUT2D eigenvalue weighted by Crippen LogP contribution is 2.24. The fourth-order valence-electron chi connectivity index (χ4n) is 2.57. The van der Waals surface area contributed by atoms with Crippen LogP contribution in [0.15, 0.2) is 18.2 Å². The lowest BCUT2D eigenvalue weighted by Crippen LogP contribution is -2.57. The smallest absolute Gasteiger partial charge is 0.222 e. The number of likely N-dealkylation sites (tertiary alicyclic amines) is 1. The molecule has 1 fully saturated rings. The van der Waals surface area contributed by atoms with Crippen molar-refractivity contribution >= 4 is 38.9 Å². The highest BCUT2D eigenvalue weighted by molar-refractivity contribution is 7.92. The third-order valence-electron chi connectivity index (χ3n) is 3.89. The molecule has 23 heavy (non-hydrogen) atoms. The molecule has 0 radical (unpaired) electrons. The number of benzene rings is 1. The summed E-state index contributed by atoms with van der Waals surface area (Å²) in [5.41, 5.74) is 0.942. The molecule has 1 heterocycles. The monoisotopic (exact) mass is 377 g/mol. The Morgan fingerprint density at radius 3 is 2.48 bits per heavy atom. The second-order valence-corrected chi connectivity index (χ2v) is 9.53. The van der Waals surface area contributed by atoms with Crippen molar-refractivity contribution in [3.05, 3.63) is 33.8 Å². The largest absolute Gasteiger partial charge is 0.340 e. The van der Waals surface area contributed by atoms with Crippen molar-refractivity contribution in [3.63, 3.8) is 0 Å². The first-order valence-corrected chi connectivity index (χ1v) is 10.1. The van der Waals surface area contributed by atoms with Gasteiger partial charge in [-0.15, -0.1) is 0 Å². The summed E-state index contributed by atoms with van der Waals surface area (Å²) in [6, 6.07) is 5.30. The SMILES string of the molecule is CC(C)CS(=O)(=O)C1CN(C(=O)CCc2ccc(Cl)c(Cl)c2)C1. The van der Waals surface area contributed by atoms with E-state index < -0.39 is 15.1 Å². The van der Waals surface area contributed by atoms with Gasteiger partial charge in [-0.2, -0.15) is 0 Å². The molecule has 1 aliphatic rings. The molecular weight excluding hydrogens is 357 g/mol. The maximum atomic E-state index is 12.1. The summed E-state index contributed by atoms with van der Waals surface area (Å²) < 4.78 is 24.2. The first-order valence-electron chi connectivity index (χ1n) is 7.62. The minimum absolute atomic E-state index is 0.0212. The van der Waals surface area contributed by atoms with Crippen LogP contribution in [0.4, 0.5) is 0 Å². The maximum Gasteiger partial charge on any atom is 0.222 e. The van der Waals surface area contributed by atoms with Crippen LogP contribution in [0.1, 0.15) is 25.8 Å². The summed E-state index contributed by atoms with van der Waals surface area (Å²) in [7, 11) is -3.09. The molecular formula is C16H21Cl2NO3S. The molecule has 128 valence electrons. The van der Waals surface area contributed by atoms with Crippen molar-refractivity contribution < 1.29 is 13.2 Å². The van der Waals surface area contributed by atoms with Crippen LogP contribution in [-0.2, 0) is 21.1 Å². The molecule has 0 aromatic heterocycles. The molecule has 2 rings (SSSR count). The van der Waals surface area contributed by atoms with Gasteiger partial charge < -0.3 is 4.90 Å². The van der Waals surface area contributed by atoms with Crippen molar-refractivity contribution in [2.75, 3.05) is 18.8 Å². The van der Waals surface area contributed by atoms with Crippen LogP contribution in [0.25, 0.3) is 0 Å². The Morgan fingerprint density at radius 2 is 1.91 bits per heavy atom. The minimum atomic E-state index is -3.09. The molecule has 0 unspecified atom stereocenters. The Hall–Kier alpha value is -0.780. The molecule has 1 amide bonds. The van der Waals surface area contributed by atoms with Gasteiger partial charge in [0.2, 0.25) is 5.91 Å². The topological polar surface area (TPSA) is 54.5 Å². The van der Waals surface area contributed by atoms with Crippen molar-refractivity contribution in [2.45, 2.75) is 31.9 Å². The molecule has 0 atom stereocenters. The summed E-state index contributed by atoms with van der Waals surface area (Å²) in [4.78, 5) is 13.7. The summed E-state index contributed by atoms with van der Waals surface area (Å²) in [6.07, 6.45) is 0.907. The van der Waals surface area contributed by atoms with Crippen LogP contribution < -0.4 is 0 Å². The molecule has 0 aliphatic carbocycles. The van der Waals surface area contributed by atoms with Crippen LogP contribution >= 0.6 is 23.2 Å². The first kappa shape index (κ1) is 18.6. The number of carbonyl (C=O) groups excluding carboxylic acids is 1. The molecule has 0 spiro atoms. The van der Waals surface area contributed by atoms with E-state index >= 15 is 0 Å². The molecule has 1 aromatic carbocycles. The summed E-state index contributed by atoms with van der Waals surface area (Å²) in [5, 5.41) is 0.557. The molecule has 7 heteroatoms. The molecule has 4 nitrogen and oxygen atoms in total. The van der Waals surface area contributed by atoms with E-state index in [1.165, 1.54) is 0 Å². The quantitative estimate of drug-likeness (QED) is 0.764. The average molecular weight is 378 g/mol. The van der Waals surface area contributed by atoms with Gasteiger partial charge >= 0.3 is 0 Å². The lowest BCUT2D eigenvalue weighted by Gasteiger charge is -2.39. The van der Waals surface area contributed by atoms with Crippen LogP contribution in [-0.4, -0.2) is 43.3 Å². The van der Waals surface area contributed by atoms with E-state index in [0.717, 1.165) is 5.56 Å². The van der Waals surface area contributed by atoms with Crippen LogP contribution in [0.2, 0.25) is 10.0 Å². The van der Waals surface area contributed by atoms with Crippen molar-refractivity contribution in [1.29, 1.82) is 0 Å². The number of amides is 1. The third-order valence-corrected chi connectivity index (χ3v) is 7.07. The molecule has 0 N–H and O–H groups in total. The van der Waals surface area contributed by atoms with Crippen molar-refractivity contribution in [3.8, 4) is 0 Å². The zero-order valence-electron chi connectivity index (χ0n) is 13.3. The second-order valence-electron chi connectivity index (χ2n) is 6.39. The Kier molecular flexibility index (Phi) is 5.98. The number of carbonyl (C=O) groups is 1. The zero-order valence-corrected chi connectivity index (χ0v) is 15.6. The number of aryl methyl sites for hydroxylation is 1. The van der Waals surface area contributed by atoms with E-state index in [4.69, 9.17) is 23.2 Å². The number of sulfone groups is 1. The molecule has 0 saturated carbocycles. The predicted octanol–water partition coefficient (Wildman–Crippen LogP) is 3.21. The molecule has 1 aromatic rings. The van der Waals surface area contributed by atoms with Gasteiger partial charge in [0.05, 0.1) is 21.0 Å². The lowest BCUT2D eigenvalue weighted by molar-refractivity contribution is -0.134. The number of rotatable bonds is 6. The number of hydrogen-bond acceptors (Lipinski definition) is 3. The van der Waals surface area contributed by atoms with Crippen molar-refractivity contribution in [2.24, 2.45) is 5.92 Å². The van der Waals surface area contributed by atoms with Crippen LogP contribution in [0, 0.1) is 5.92 Å². The Morgan fingerprint density at radius 1 is 1.26 bits per heavy atom. The summed E-state index contributed by atoms with van der Waals surface area (Å²) in [6.45, 7) is 4.40. The first-order chi connectivity index (χ1) is 10.7. The highest BCUT2D eigenvalue weighted by atomic mass is 35.5. The van der Waals surface area contributed by atoms with E-state index in [1.54, 1.807) is 17.0 Å². The highest BCUT2D eigenvalue weighted by Gasteiger charge is 2.39. The Labute approximate surface area is 147 Å². The van der Waals surface area contributed by atoms with E-state index in [2.05, 4.69) is 0 Å². The lowest BCUT2D eigenvalue weighted by atomic mass is 10.1. The summed E-state index contributed by atoms with van der Waals surface area (Å²) in [5.74, 6) is 0.273. The van der Waals surface area contributed by atoms with E-state index in [1.807, 2.05) is 19.9 Å². The Bertz CT molecular complexity index is 683. The fourth-order valence-corrected chi connectivity index (χ4v) is 4.91. The van der Waals surface area contributed by atoms with Gasteiger partial charge in [0.1, 0.15) is 0 Å². The van der Waals surface area contributed by atoms with Gasteiger partial charge in [-0.05, 0) is 30.0 Å².